The Morgan fingerprint density at radius 3 is 1.00 bits per heavy atom. The maximum absolute atomic E-state index is 12.8. The molecular formula is C58H102O6. The molecule has 370 valence electrons. The Morgan fingerprint density at radius 2 is 0.625 bits per heavy atom. The molecule has 0 rings (SSSR count). The smallest absolute Gasteiger partial charge is 0.306 e. The first-order chi connectivity index (χ1) is 31.5. The molecular weight excluding hydrogens is 793 g/mol. The lowest BCUT2D eigenvalue weighted by Gasteiger charge is -2.18. The third-order valence-corrected chi connectivity index (χ3v) is 11.8. The summed E-state index contributed by atoms with van der Waals surface area (Å²) in [6.07, 6.45) is 65.0. The van der Waals surface area contributed by atoms with Crippen LogP contribution in [0.2, 0.25) is 0 Å². The van der Waals surface area contributed by atoms with E-state index in [2.05, 4.69) is 81.5 Å². The largest absolute Gasteiger partial charge is 0.462 e. The number of carbonyl (C=O) groups is 3. The van der Waals surface area contributed by atoms with Gasteiger partial charge in [0.1, 0.15) is 13.2 Å². The first kappa shape index (κ1) is 61.1. The summed E-state index contributed by atoms with van der Waals surface area (Å²) in [5, 5.41) is 0. The summed E-state index contributed by atoms with van der Waals surface area (Å²) in [7, 11) is 0. The van der Waals surface area contributed by atoms with E-state index in [9.17, 15) is 14.4 Å². The van der Waals surface area contributed by atoms with Gasteiger partial charge in [-0.05, 0) is 89.9 Å². The van der Waals surface area contributed by atoms with Crippen LogP contribution in [0.25, 0.3) is 0 Å². The van der Waals surface area contributed by atoms with Gasteiger partial charge in [-0.1, -0.05) is 223 Å². The van der Waals surface area contributed by atoms with E-state index in [1.807, 2.05) is 0 Å². The molecule has 0 aromatic rings. The molecule has 0 saturated heterocycles. The average molecular weight is 895 g/mol. The molecule has 0 fully saturated rings. The van der Waals surface area contributed by atoms with Crippen LogP contribution in [0.5, 0.6) is 0 Å². The molecule has 6 heteroatoms. The van der Waals surface area contributed by atoms with Crippen molar-refractivity contribution in [2.75, 3.05) is 13.2 Å². The lowest BCUT2D eigenvalue weighted by Crippen LogP contribution is -2.30. The standard InChI is InChI=1S/C58H102O6/c1-4-7-10-13-16-19-22-25-27-28-29-30-31-34-36-39-42-45-48-51-57(60)63-54-55(53-62-56(59)50-47-44-41-38-35-32-24-21-18-15-12-9-6-3)64-58(61)52-49-46-43-40-37-33-26-23-20-17-14-11-8-5-2/h9,12,15,18,21,24,28-29,33,37,55H,4-8,10-11,13-14,16-17,19-20,22-23,25-27,30-32,34-36,38-54H2,1-3H3/b12-9-,18-15-,24-21-,29-28-,37-33-. The second-order valence-electron chi connectivity index (χ2n) is 18.2. The average Bonchev–Trinajstić information content (AvgIpc) is 3.29. The van der Waals surface area contributed by atoms with Gasteiger partial charge in [-0.15, -0.1) is 0 Å². The molecule has 1 atom stereocenters. The van der Waals surface area contributed by atoms with Crippen molar-refractivity contribution in [2.45, 2.75) is 277 Å². The summed E-state index contributed by atoms with van der Waals surface area (Å²) in [4.78, 5) is 38.0. The molecule has 0 saturated carbocycles. The van der Waals surface area contributed by atoms with Crippen molar-refractivity contribution in [3.8, 4) is 0 Å². The lowest BCUT2D eigenvalue weighted by molar-refractivity contribution is -0.167. The van der Waals surface area contributed by atoms with E-state index in [1.54, 1.807) is 0 Å². The van der Waals surface area contributed by atoms with Crippen molar-refractivity contribution < 1.29 is 28.6 Å². The highest BCUT2D eigenvalue weighted by atomic mass is 16.6. The summed E-state index contributed by atoms with van der Waals surface area (Å²) in [5.41, 5.74) is 0. The fourth-order valence-corrected chi connectivity index (χ4v) is 7.67. The second kappa shape index (κ2) is 52.7. The van der Waals surface area contributed by atoms with Crippen LogP contribution in [0.4, 0.5) is 0 Å². The molecule has 0 spiro atoms. The Labute approximate surface area is 396 Å². The fourth-order valence-electron chi connectivity index (χ4n) is 7.67. The van der Waals surface area contributed by atoms with Gasteiger partial charge in [0.05, 0.1) is 0 Å². The lowest BCUT2D eigenvalue weighted by atomic mass is 10.1. The predicted molar refractivity (Wildman–Crippen MR) is 275 cm³/mol. The Hall–Kier alpha value is -2.89. The summed E-state index contributed by atoms with van der Waals surface area (Å²) in [6.45, 7) is 6.48. The van der Waals surface area contributed by atoms with Crippen molar-refractivity contribution >= 4 is 17.9 Å². The van der Waals surface area contributed by atoms with E-state index in [0.29, 0.717) is 19.3 Å². The zero-order valence-electron chi connectivity index (χ0n) is 42.3. The Morgan fingerprint density at radius 1 is 0.328 bits per heavy atom. The molecule has 64 heavy (non-hydrogen) atoms. The highest BCUT2D eigenvalue weighted by Gasteiger charge is 2.19. The number of unbranched alkanes of at least 4 members (excludes halogenated alkanes) is 30. The monoisotopic (exact) mass is 895 g/mol. The molecule has 0 aromatic carbocycles. The molecule has 0 aromatic heterocycles. The number of carbonyl (C=O) groups excluding carboxylic acids is 3. The molecule has 0 aliphatic carbocycles. The molecule has 0 heterocycles. The van der Waals surface area contributed by atoms with Gasteiger partial charge in [-0.2, -0.15) is 0 Å². The van der Waals surface area contributed by atoms with Gasteiger partial charge in [0.25, 0.3) is 0 Å². The quantitative estimate of drug-likeness (QED) is 0.0199. The van der Waals surface area contributed by atoms with Gasteiger partial charge in [0.15, 0.2) is 6.10 Å². The van der Waals surface area contributed by atoms with E-state index in [1.165, 1.54) is 135 Å². The van der Waals surface area contributed by atoms with Crippen molar-refractivity contribution in [1.29, 1.82) is 0 Å². The minimum atomic E-state index is -0.791. The molecule has 1 unspecified atom stereocenters. The van der Waals surface area contributed by atoms with Gasteiger partial charge >= 0.3 is 17.9 Å². The van der Waals surface area contributed by atoms with Gasteiger partial charge in [0, 0.05) is 19.3 Å². The Balaban J connectivity index is 4.38. The topological polar surface area (TPSA) is 78.9 Å². The minimum absolute atomic E-state index is 0.0887. The number of allylic oxidation sites excluding steroid dienone is 10. The first-order valence-electron chi connectivity index (χ1n) is 27.3. The number of ether oxygens (including phenoxy) is 3. The van der Waals surface area contributed by atoms with Crippen LogP contribution < -0.4 is 0 Å². The summed E-state index contributed by atoms with van der Waals surface area (Å²) in [6, 6.07) is 0. The molecule has 0 aliphatic rings. The maximum Gasteiger partial charge on any atom is 0.306 e. The van der Waals surface area contributed by atoms with Crippen LogP contribution in [0, 0.1) is 0 Å². The third kappa shape index (κ3) is 50.1. The van der Waals surface area contributed by atoms with Crippen molar-refractivity contribution in [1.82, 2.24) is 0 Å². The highest BCUT2D eigenvalue weighted by molar-refractivity contribution is 5.71. The first-order valence-corrected chi connectivity index (χ1v) is 27.3. The van der Waals surface area contributed by atoms with Crippen LogP contribution in [-0.2, 0) is 28.6 Å². The summed E-state index contributed by atoms with van der Waals surface area (Å²) >= 11 is 0. The molecule has 0 amide bonds. The molecule has 0 radical (unpaired) electrons. The van der Waals surface area contributed by atoms with E-state index < -0.39 is 6.10 Å². The van der Waals surface area contributed by atoms with Crippen LogP contribution in [-0.4, -0.2) is 37.2 Å². The SMILES string of the molecule is CC\C=C/C=C\C=C/CCCCCCCC(=O)OCC(COC(=O)CCCCCCCCC/C=C\CCCCCCCCCC)OC(=O)CCCCC/C=C\CCCCCCCCC. The van der Waals surface area contributed by atoms with Gasteiger partial charge < -0.3 is 14.2 Å². The highest BCUT2D eigenvalue weighted by Crippen LogP contribution is 2.15. The maximum atomic E-state index is 12.8. The second-order valence-corrected chi connectivity index (χ2v) is 18.2. The fraction of sp³-hybridized carbons (Fsp3) is 0.776. The van der Waals surface area contributed by atoms with Crippen molar-refractivity contribution in [3.05, 3.63) is 60.8 Å². The number of hydrogen-bond acceptors (Lipinski definition) is 6. The van der Waals surface area contributed by atoms with Crippen molar-refractivity contribution in [2.24, 2.45) is 0 Å². The van der Waals surface area contributed by atoms with Crippen molar-refractivity contribution in [3.63, 3.8) is 0 Å². The Kier molecular flexibility index (Phi) is 50.4. The molecule has 0 aliphatic heterocycles. The van der Waals surface area contributed by atoms with Gasteiger partial charge in [-0.3, -0.25) is 14.4 Å². The van der Waals surface area contributed by atoms with Crippen LogP contribution in [0.15, 0.2) is 60.8 Å². The molecule has 0 bridgehead atoms. The van der Waals surface area contributed by atoms with E-state index in [0.717, 1.165) is 96.3 Å². The summed E-state index contributed by atoms with van der Waals surface area (Å²) < 4.78 is 16.8. The zero-order valence-corrected chi connectivity index (χ0v) is 42.3. The van der Waals surface area contributed by atoms with Crippen LogP contribution >= 0.6 is 0 Å². The van der Waals surface area contributed by atoms with E-state index >= 15 is 0 Å². The van der Waals surface area contributed by atoms with Crippen LogP contribution in [0.3, 0.4) is 0 Å². The van der Waals surface area contributed by atoms with Crippen LogP contribution in [0.1, 0.15) is 271 Å². The van der Waals surface area contributed by atoms with E-state index in [-0.39, 0.29) is 31.1 Å². The minimum Gasteiger partial charge on any atom is -0.462 e. The van der Waals surface area contributed by atoms with Gasteiger partial charge in [0.2, 0.25) is 0 Å². The normalized spacial score (nSPS) is 12.5. The summed E-state index contributed by atoms with van der Waals surface area (Å²) in [5.74, 6) is -0.923. The Bertz CT molecular complexity index is 1170. The third-order valence-electron chi connectivity index (χ3n) is 11.8. The molecule has 6 nitrogen and oxygen atoms in total. The zero-order chi connectivity index (χ0) is 46.5. The number of rotatable bonds is 49. The van der Waals surface area contributed by atoms with E-state index in [4.69, 9.17) is 14.2 Å². The molecule has 0 N–H and O–H groups in total. The predicted octanol–water partition coefficient (Wildman–Crippen LogP) is 18.0. The number of esters is 3. The van der Waals surface area contributed by atoms with Gasteiger partial charge in [-0.25, -0.2) is 0 Å². The number of hydrogen-bond donors (Lipinski definition) is 0.